The van der Waals surface area contributed by atoms with Gasteiger partial charge in [-0.2, -0.15) is 0 Å². The summed E-state index contributed by atoms with van der Waals surface area (Å²) in [6, 6.07) is 0.278. The third kappa shape index (κ3) is 3.76. The number of hydrogen-bond donors (Lipinski definition) is 1. The molecule has 90 valence electrons. The zero-order valence-corrected chi connectivity index (χ0v) is 10.6. The van der Waals surface area contributed by atoms with Crippen LogP contribution in [0.4, 0.5) is 0 Å². The van der Waals surface area contributed by atoms with Crippen LogP contribution in [0.5, 0.6) is 0 Å². The molecule has 0 aromatic heterocycles. The molecule has 0 aromatic carbocycles. The van der Waals surface area contributed by atoms with E-state index in [1.165, 1.54) is 0 Å². The van der Waals surface area contributed by atoms with Crippen LogP contribution in [0.15, 0.2) is 4.36 Å². The van der Waals surface area contributed by atoms with E-state index < -0.39 is 9.73 Å². The van der Waals surface area contributed by atoms with Crippen molar-refractivity contribution in [1.29, 1.82) is 0 Å². The van der Waals surface area contributed by atoms with Crippen LogP contribution in [0.25, 0.3) is 0 Å². The first-order chi connectivity index (χ1) is 7.13. The van der Waals surface area contributed by atoms with E-state index >= 15 is 0 Å². The molecule has 1 fully saturated rings. The maximum absolute atomic E-state index is 12.1. The number of hydrogen-bond acceptors (Lipinski definition) is 3. The average molecular weight is 233 g/mol. The highest BCUT2D eigenvalue weighted by Crippen LogP contribution is 2.26. The van der Waals surface area contributed by atoms with Gasteiger partial charge in [0.05, 0.1) is 6.04 Å². The fourth-order valence-electron chi connectivity index (χ4n) is 2.06. The van der Waals surface area contributed by atoms with Crippen LogP contribution in [-0.4, -0.2) is 33.5 Å². The van der Waals surface area contributed by atoms with Gasteiger partial charge in [0, 0.05) is 27.8 Å². The fourth-order valence-corrected chi connectivity index (χ4v) is 3.52. The summed E-state index contributed by atoms with van der Waals surface area (Å²) in [6.07, 6.45) is 4.08. The number of aliphatic hydroxyl groups excluding tert-OH is 1. The Kier molecular flexibility index (Phi) is 5.06. The molecule has 1 rings (SSSR count). The number of rotatable bonds is 4. The number of aliphatic hydroxyl groups is 1. The van der Waals surface area contributed by atoms with Crippen molar-refractivity contribution in [2.75, 3.05) is 18.1 Å². The maximum Gasteiger partial charge on any atom is 0.0594 e. The van der Waals surface area contributed by atoms with Gasteiger partial charge in [-0.05, 0) is 31.6 Å². The first-order valence-corrected chi connectivity index (χ1v) is 7.81. The summed E-state index contributed by atoms with van der Waals surface area (Å²) in [5, 5.41) is 9.02. The van der Waals surface area contributed by atoms with E-state index in [0.717, 1.165) is 25.7 Å². The molecule has 1 N–H and O–H groups in total. The lowest BCUT2D eigenvalue weighted by Gasteiger charge is -2.25. The molecular formula is C11H23NO2S. The molecule has 0 heterocycles. The maximum atomic E-state index is 12.1. The predicted molar refractivity (Wildman–Crippen MR) is 64.5 cm³/mol. The van der Waals surface area contributed by atoms with E-state index in [4.69, 9.17) is 5.11 Å². The van der Waals surface area contributed by atoms with Crippen LogP contribution in [0.1, 0.15) is 39.5 Å². The highest BCUT2D eigenvalue weighted by Gasteiger charge is 2.21. The van der Waals surface area contributed by atoms with Crippen molar-refractivity contribution in [2.45, 2.75) is 45.6 Å². The van der Waals surface area contributed by atoms with Gasteiger partial charge in [0.15, 0.2) is 0 Å². The van der Waals surface area contributed by atoms with Gasteiger partial charge in [-0.25, -0.2) is 8.57 Å². The molecule has 0 radical (unpaired) electrons. The molecule has 0 unspecified atom stereocenters. The van der Waals surface area contributed by atoms with Crippen molar-refractivity contribution < 1.29 is 9.32 Å². The molecular weight excluding hydrogens is 210 g/mol. The fraction of sp³-hybridized carbons (Fsp3) is 1.00. The van der Waals surface area contributed by atoms with Gasteiger partial charge in [0.25, 0.3) is 0 Å². The Balaban J connectivity index is 2.57. The minimum absolute atomic E-state index is 0.278. The molecule has 0 spiro atoms. The van der Waals surface area contributed by atoms with Crippen LogP contribution >= 0.6 is 0 Å². The molecule has 3 nitrogen and oxygen atoms in total. The molecule has 0 aromatic rings. The Hall–Kier alpha value is -0.0900. The van der Waals surface area contributed by atoms with Gasteiger partial charge in [-0.15, -0.1) is 0 Å². The molecule has 0 saturated heterocycles. The van der Waals surface area contributed by atoms with Crippen LogP contribution in [0, 0.1) is 5.92 Å². The van der Waals surface area contributed by atoms with Gasteiger partial charge in [-0.1, -0.05) is 13.8 Å². The summed E-state index contributed by atoms with van der Waals surface area (Å²) < 4.78 is 16.6. The smallest absolute Gasteiger partial charge is 0.0594 e. The Labute approximate surface area is 93.5 Å². The van der Waals surface area contributed by atoms with E-state index in [0.29, 0.717) is 24.0 Å². The minimum Gasteiger partial charge on any atom is -0.396 e. The van der Waals surface area contributed by atoms with Gasteiger partial charge in [0.2, 0.25) is 0 Å². The monoisotopic (exact) mass is 233 g/mol. The van der Waals surface area contributed by atoms with Crippen LogP contribution in [0.2, 0.25) is 0 Å². The Morgan fingerprint density at radius 3 is 2.13 bits per heavy atom. The molecule has 1 aliphatic carbocycles. The summed E-state index contributed by atoms with van der Waals surface area (Å²) in [5.74, 6) is 1.79. The minimum atomic E-state index is -1.93. The largest absolute Gasteiger partial charge is 0.396 e. The zero-order valence-electron chi connectivity index (χ0n) is 9.82. The van der Waals surface area contributed by atoms with Crippen molar-refractivity contribution >= 4 is 9.73 Å². The molecule has 1 saturated carbocycles. The summed E-state index contributed by atoms with van der Waals surface area (Å²) in [7, 11) is -1.93. The summed E-state index contributed by atoms with van der Waals surface area (Å²) in [5.41, 5.74) is 0. The quantitative estimate of drug-likeness (QED) is 0.808. The Morgan fingerprint density at radius 1 is 1.20 bits per heavy atom. The first kappa shape index (κ1) is 13.0. The summed E-state index contributed by atoms with van der Waals surface area (Å²) >= 11 is 0. The first-order valence-electron chi connectivity index (χ1n) is 5.96. The highest BCUT2D eigenvalue weighted by molar-refractivity contribution is 7.93. The zero-order chi connectivity index (χ0) is 11.3. The van der Waals surface area contributed by atoms with Gasteiger partial charge < -0.3 is 5.11 Å². The van der Waals surface area contributed by atoms with Crippen molar-refractivity contribution in [1.82, 2.24) is 0 Å². The summed E-state index contributed by atoms with van der Waals surface area (Å²) in [4.78, 5) is 0. The SMILES string of the molecule is CCS(=O)(CC)=NC1CCC(CO)CC1. The van der Waals surface area contributed by atoms with E-state index in [9.17, 15) is 4.21 Å². The summed E-state index contributed by atoms with van der Waals surface area (Å²) in [6.45, 7) is 4.20. The Morgan fingerprint density at radius 2 is 1.73 bits per heavy atom. The molecule has 4 heteroatoms. The van der Waals surface area contributed by atoms with Crippen molar-refractivity contribution in [2.24, 2.45) is 10.3 Å². The molecule has 0 aliphatic heterocycles. The van der Waals surface area contributed by atoms with Crippen LogP contribution < -0.4 is 0 Å². The van der Waals surface area contributed by atoms with Crippen LogP contribution in [0.3, 0.4) is 0 Å². The second-order valence-corrected chi connectivity index (χ2v) is 7.22. The number of nitrogens with zero attached hydrogens (tertiary/aromatic N) is 1. The molecule has 0 atom stereocenters. The lowest BCUT2D eigenvalue weighted by atomic mass is 9.87. The molecule has 0 bridgehead atoms. The molecule has 0 amide bonds. The average Bonchev–Trinajstić information content (AvgIpc) is 2.30. The Bertz CT molecular complexity index is 277. The molecule has 15 heavy (non-hydrogen) atoms. The third-order valence-corrected chi connectivity index (χ3v) is 5.80. The van der Waals surface area contributed by atoms with E-state index in [1.54, 1.807) is 0 Å². The lowest BCUT2D eigenvalue weighted by Crippen LogP contribution is -2.21. The lowest BCUT2D eigenvalue weighted by molar-refractivity contribution is 0.183. The highest BCUT2D eigenvalue weighted by atomic mass is 32.2. The predicted octanol–water partition coefficient (Wildman–Crippen LogP) is 2.05. The second kappa shape index (κ2) is 5.85. The van der Waals surface area contributed by atoms with Crippen molar-refractivity contribution in [3.05, 3.63) is 0 Å². The second-order valence-electron chi connectivity index (χ2n) is 4.31. The third-order valence-electron chi connectivity index (χ3n) is 3.32. The van der Waals surface area contributed by atoms with Crippen molar-refractivity contribution in [3.8, 4) is 0 Å². The standard InChI is InChI=1S/C11H23NO2S/c1-3-15(14,4-2)12-11-7-5-10(9-13)6-8-11/h10-11,13H,3-9H2,1-2H3. The van der Waals surface area contributed by atoms with Gasteiger partial charge in [-0.3, -0.25) is 0 Å². The van der Waals surface area contributed by atoms with Crippen molar-refractivity contribution in [3.63, 3.8) is 0 Å². The van der Waals surface area contributed by atoms with Gasteiger partial charge in [0.1, 0.15) is 0 Å². The molecule has 1 aliphatic rings. The topological polar surface area (TPSA) is 49.7 Å². The van der Waals surface area contributed by atoms with E-state index in [1.807, 2.05) is 13.8 Å². The van der Waals surface area contributed by atoms with Gasteiger partial charge >= 0.3 is 0 Å². The van der Waals surface area contributed by atoms with Crippen LogP contribution in [-0.2, 0) is 9.73 Å². The van der Waals surface area contributed by atoms with E-state index in [2.05, 4.69) is 4.36 Å². The van der Waals surface area contributed by atoms with E-state index in [-0.39, 0.29) is 6.04 Å². The normalized spacial score (nSPS) is 27.7.